The first-order valence-electron chi connectivity index (χ1n) is 6.14. The molecule has 0 aliphatic carbocycles. The van der Waals surface area contributed by atoms with Crippen LogP contribution >= 0.6 is 0 Å². The van der Waals surface area contributed by atoms with E-state index in [0.717, 1.165) is 11.1 Å². The van der Waals surface area contributed by atoms with E-state index in [0.29, 0.717) is 17.5 Å². The van der Waals surface area contributed by atoms with Crippen LogP contribution < -0.4 is 0 Å². The molecule has 0 N–H and O–H groups in total. The number of halogens is 2. The molecule has 2 rings (SSSR count). The molecule has 0 atom stereocenters. The Labute approximate surface area is 117 Å². The smallest absolute Gasteiger partial charge is 0.111 e. The van der Waals surface area contributed by atoms with E-state index in [1.807, 2.05) is 31.2 Å². The fourth-order valence-corrected chi connectivity index (χ4v) is 1.99. The van der Waals surface area contributed by atoms with Gasteiger partial charge in [-0.05, 0) is 54.5 Å². The Kier molecular flexibility index (Phi) is 4.53. The van der Waals surface area contributed by atoms with Crippen LogP contribution in [0.5, 0.6) is 0 Å². The molecule has 0 aliphatic heterocycles. The number of benzene rings is 2. The van der Waals surface area contributed by atoms with Crippen LogP contribution in [0.25, 0.3) is 0 Å². The van der Waals surface area contributed by atoms with Gasteiger partial charge in [-0.25, -0.2) is 0 Å². The second kappa shape index (κ2) is 6.55. The summed E-state index contributed by atoms with van der Waals surface area (Å²) in [5.41, 5.74) is 4.23. The first-order chi connectivity index (χ1) is 9.71. The van der Waals surface area contributed by atoms with Crippen LogP contribution in [-0.2, 0) is 6.42 Å². The Balaban J connectivity index is 2.35. The van der Waals surface area contributed by atoms with Gasteiger partial charge in [0.1, 0.15) is 12.3 Å². The molecule has 0 amide bonds. The van der Waals surface area contributed by atoms with E-state index in [2.05, 4.69) is 11.8 Å². The molecule has 0 spiro atoms. The van der Waals surface area contributed by atoms with Crippen LogP contribution in [0, 0.1) is 31.1 Å². The predicted molar refractivity (Wildman–Crippen MR) is 76.4 cm³/mol. The first kappa shape index (κ1) is 13.8. The lowest BCUT2D eigenvalue weighted by molar-refractivity contribution is 0.773. The van der Waals surface area contributed by atoms with Gasteiger partial charge >= 0.3 is 0 Å². The SMILES string of the molecule is Cc1ccc(Cc2cc(C#CF)cc(C#CF)c2)cc1. The van der Waals surface area contributed by atoms with Gasteiger partial charge in [-0.15, -0.1) is 8.78 Å². The van der Waals surface area contributed by atoms with E-state index in [-0.39, 0.29) is 0 Å². The van der Waals surface area contributed by atoms with Gasteiger partial charge in [0.15, 0.2) is 0 Å². The number of rotatable bonds is 2. The molecule has 0 saturated heterocycles. The lowest BCUT2D eigenvalue weighted by Gasteiger charge is -2.05. The van der Waals surface area contributed by atoms with Crippen molar-refractivity contribution in [1.82, 2.24) is 0 Å². The fraction of sp³-hybridized carbons (Fsp3) is 0.111. The van der Waals surface area contributed by atoms with Crippen molar-refractivity contribution in [2.45, 2.75) is 13.3 Å². The zero-order valence-electron chi connectivity index (χ0n) is 11.0. The maximum Gasteiger partial charge on any atom is 0.111 e. The third-order valence-corrected chi connectivity index (χ3v) is 2.90. The maximum atomic E-state index is 12.1. The summed E-state index contributed by atoms with van der Waals surface area (Å²) in [4.78, 5) is 0. The normalized spacial score (nSPS) is 9.15. The molecule has 0 aliphatic rings. The van der Waals surface area contributed by atoms with Crippen molar-refractivity contribution in [2.24, 2.45) is 0 Å². The van der Waals surface area contributed by atoms with E-state index >= 15 is 0 Å². The topological polar surface area (TPSA) is 0 Å². The van der Waals surface area contributed by atoms with Crippen molar-refractivity contribution in [3.8, 4) is 24.2 Å². The molecule has 0 unspecified atom stereocenters. The van der Waals surface area contributed by atoms with E-state index in [4.69, 9.17) is 0 Å². The summed E-state index contributed by atoms with van der Waals surface area (Å²) in [6.45, 7) is 2.02. The minimum atomic E-state index is 0.495. The number of hydrogen-bond donors (Lipinski definition) is 0. The molecule has 0 radical (unpaired) electrons. The minimum Gasteiger partial charge on any atom is -0.144 e. The molecule has 2 heteroatoms. The quantitative estimate of drug-likeness (QED) is 0.716. The summed E-state index contributed by atoms with van der Waals surface area (Å²) in [6.07, 6.45) is 3.39. The predicted octanol–water partition coefficient (Wildman–Crippen LogP) is 4.14. The molecule has 20 heavy (non-hydrogen) atoms. The number of hydrogen-bond acceptors (Lipinski definition) is 0. The van der Waals surface area contributed by atoms with Gasteiger partial charge in [-0.1, -0.05) is 29.8 Å². The van der Waals surface area contributed by atoms with Crippen molar-refractivity contribution >= 4 is 0 Å². The number of aryl methyl sites for hydroxylation is 1. The Hall–Kier alpha value is -2.58. The second-order valence-electron chi connectivity index (χ2n) is 4.52. The van der Waals surface area contributed by atoms with Crippen LogP contribution in [0.2, 0.25) is 0 Å². The van der Waals surface area contributed by atoms with Gasteiger partial charge in [-0.2, -0.15) is 0 Å². The second-order valence-corrected chi connectivity index (χ2v) is 4.52. The zero-order valence-corrected chi connectivity index (χ0v) is 11.0. The molecule has 2 aromatic rings. The summed E-state index contributed by atoms with van der Waals surface area (Å²) in [5, 5.41) is 0. The monoisotopic (exact) mass is 266 g/mol. The molecule has 0 bridgehead atoms. The van der Waals surface area contributed by atoms with Crippen molar-refractivity contribution in [1.29, 1.82) is 0 Å². The Morgan fingerprint density at radius 2 is 1.35 bits per heavy atom. The molecule has 98 valence electrons. The van der Waals surface area contributed by atoms with Gasteiger partial charge in [-0.3, -0.25) is 0 Å². The van der Waals surface area contributed by atoms with Gasteiger partial charge in [0.2, 0.25) is 0 Å². The van der Waals surface area contributed by atoms with Crippen molar-refractivity contribution < 1.29 is 8.78 Å². The van der Waals surface area contributed by atoms with E-state index < -0.39 is 0 Å². The van der Waals surface area contributed by atoms with Crippen LogP contribution in [-0.4, -0.2) is 0 Å². The largest absolute Gasteiger partial charge is 0.144 e. The summed E-state index contributed by atoms with van der Waals surface area (Å²) in [7, 11) is 0. The van der Waals surface area contributed by atoms with E-state index in [1.54, 1.807) is 18.2 Å². The molecule has 0 fully saturated rings. The van der Waals surface area contributed by atoms with Crippen LogP contribution in [0.4, 0.5) is 8.78 Å². The summed E-state index contributed by atoms with van der Waals surface area (Å²) in [5.74, 6) is 4.67. The van der Waals surface area contributed by atoms with Gasteiger partial charge in [0.05, 0.1) is 0 Å². The third-order valence-electron chi connectivity index (χ3n) is 2.90. The molecule has 0 saturated carbocycles. The van der Waals surface area contributed by atoms with Crippen LogP contribution in [0.15, 0.2) is 42.5 Å². The maximum absolute atomic E-state index is 12.1. The molecule has 0 aromatic heterocycles. The average molecular weight is 266 g/mol. The Bertz CT molecular complexity index is 682. The summed E-state index contributed by atoms with van der Waals surface area (Å²) < 4.78 is 24.3. The lowest BCUT2D eigenvalue weighted by atomic mass is 9.99. The minimum absolute atomic E-state index is 0.495. The Morgan fingerprint density at radius 1 is 0.800 bits per heavy atom. The van der Waals surface area contributed by atoms with E-state index in [9.17, 15) is 8.78 Å². The highest BCUT2D eigenvalue weighted by atomic mass is 19.1. The molecule has 0 heterocycles. The lowest BCUT2D eigenvalue weighted by Crippen LogP contribution is -1.91. The van der Waals surface area contributed by atoms with Crippen LogP contribution in [0.3, 0.4) is 0 Å². The van der Waals surface area contributed by atoms with Crippen LogP contribution in [0.1, 0.15) is 27.8 Å². The highest BCUT2D eigenvalue weighted by molar-refractivity contribution is 5.47. The highest BCUT2D eigenvalue weighted by Gasteiger charge is 2.01. The van der Waals surface area contributed by atoms with Gasteiger partial charge in [0, 0.05) is 11.1 Å². The molecular weight excluding hydrogens is 254 g/mol. The third kappa shape index (κ3) is 3.70. The van der Waals surface area contributed by atoms with Crippen molar-refractivity contribution in [2.75, 3.05) is 0 Å². The zero-order chi connectivity index (χ0) is 14.4. The first-order valence-corrected chi connectivity index (χ1v) is 6.14. The summed E-state index contributed by atoms with van der Waals surface area (Å²) >= 11 is 0. The van der Waals surface area contributed by atoms with Gasteiger partial charge < -0.3 is 0 Å². The molecular formula is C18H12F2. The molecule has 2 aromatic carbocycles. The standard InChI is InChI=1S/C18H12F2/c1-14-2-4-15(5-3-14)10-18-12-16(6-8-19)11-17(13-18)7-9-20/h2-5,11-13H,10H2,1H3. The highest BCUT2D eigenvalue weighted by Crippen LogP contribution is 2.15. The van der Waals surface area contributed by atoms with Crippen molar-refractivity contribution in [3.05, 3.63) is 70.3 Å². The van der Waals surface area contributed by atoms with E-state index in [1.165, 1.54) is 17.9 Å². The fourth-order valence-electron chi connectivity index (χ4n) is 1.99. The molecule has 0 nitrogen and oxygen atoms in total. The summed E-state index contributed by atoms with van der Waals surface area (Å²) in [6, 6.07) is 13.3. The average Bonchev–Trinajstić information content (AvgIpc) is 2.42. The van der Waals surface area contributed by atoms with Crippen molar-refractivity contribution in [3.63, 3.8) is 0 Å². The van der Waals surface area contributed by atoms with Gasteiger partial charge in [0.25, 0.3) is 0 Å². The Morgan fingerprint density at radius 3 is 1.85 bits per heavy atom.